The van der Waals surface area contributed by atoms with Gasteiger partial charge in [0.1, 0.15) is 0 Å². The minimum atomic E-state index is 0.473. The van der Waals surface area contributed by atoms with Gasteiger partial charge in [-0.05, 0) is 39.8 Å². The summed E-state index contributed by atoms with van der Waals surface area (Å²) in [4.78, 5) is 2.23. The van der Waals surface area contributed by atoms with Crippen molar-refractivity contribution in [1.82, 2.24) is 20.0 Å². The van der Waals surface area contributed by atoms with Crippen LogP contribution in [-0.4, -0.2) is 41.4 Å². The lowest BCUT2D eigenvalue weighted by Crippen LogP contribution is -2.39. The molecule has 1 N–H and O–H groups in total. The fourth-order valence-electron chi connectivity index (χ4n) is 2.66. The average Bonchev–Trinajstić information content (AvgIpc) is 2.70. The van der Waals surface area contributed by atoms with Crippen molar-refractivity contribution in [3.05, 3.63) is 16.4 Å². The van der Waals surface area contributed by atoms with E-state index in [-0.39, 0.29) is 0 Å². The largest absolute Gasteiger partial charge is 0.308 e. The van der Waals surface area contributed by atoms with Crippen molar-refractivity contribution >= 4 is 11.6 Å². The van der Waals surface area contributed by atoms with E-state index < -0.39 is 0 Å². The standard InChI is InChI=1S/C16H31ClN4/c1-7-14-16(17)15(21(8-2)19-14)10-18-13(9-12(3)4)11-20(5)6/h12-13,18H,7-11H2,1-6H3. The molecule has 0 aromatic carbocycles. The van der Waals surface area contributed by atoms with Gasteiger partial charge >= 0.3 is 0 Å². The van der Waals surface area contributed by atoms with Crippen LogP contribution in [0.5, 0.6) is 0 Å². The summed E-state index contributed by atoms with van der Waals surface area (Å²) < 4.78 is 2.02. The third-order valence-corrected chi connectivity index (χ3v) is 4.03. The van der Waals surface area contributed by atoms with E-state index in [0.29, 0.717) is 12.0 Å². The number of hydrogen-bond donors (Lipinski definition) is 1. The summed E-state index contributed by atoms with van der Waals surface area (Å²) in [5, 5.41) is 9.08. The van der Waals surface area contributed by atoms with Crippen molar-refractivity contribution in [2.75, 3.05) is 20.6 Å². The molecule has 1 rings (SSSR count). The van der Waals surface area contributed by atoms with Crippen molar-refractivity contribution in [3.8, 4) is 0 Å². The molecule has 0 amide bonds. The van der Waals surface area contributed by atoms with E-state index in [1.54, 1.807) is 0 Å². The second-order valence-corrected chi connectivity index (χ2v) is 6.72. The van der Waals surface area contributed by atoms with Gasteiger partial charge in [0.05, 0.1) is 16.4 Å². The Morgan fingerprint density at radius 3 is 2.43 bits per heavy atom. The molecule has 5 heteroatoms. The minimum Gasteiger partial charge on any atom is -0.308 e. The van der Waals surface area contributed by atoms with Crippen LogP contribution >= 0.6 is 11.6 Å². The van der Waals surface area contributed by atoms with Crippen molar-refractivity contribution in [2.24, 2.45) is 5.92 Å². The summed E-state index contributed by atoms with van der Waals surface area (Å²) in [7, 11) is 4.24. The van der Waals surface area contributed by atoms with Gasteiger partial charge < -0.3 is 10.2 Å². The number of hydrogen-bond acceptors (Lipinski definition) is 3. The van der Waals surface area contributed by atoms with Gasteiger partial charge in [0.25, 0.3) is 0 Å². The number of rotatable bonds is 9. The predicted octanol–water partition coefficient (Wildman–Crippen LogP) is 3.18. The molecule has 0 aliphatic rings. The lowest BCUT2D eigenvalue weighted by molar-refractivity contribution is 0.303. The molecule has 0 spiro atoms. The van der Waals surface area contributed by atoms with Crippen molar-refractivity contribution in [3.63, 3.8) is 0 Å². The Morgan fingerprint density at radius 2 is 1.95 bits per heavy atom. The van der Waals surface area contributed by atoms with Crippen LogP contribution < -0.4 is 5.32 Å². The first kappa shape index (κ1) is 18.5. The van der Waals surface area contributed by atoms with E-state index in [1.807, 2.05) is 4.68 Å². The van der Waals surface area contributed by atoms with Crippen LogP contribution in [0.3, 0.4) is 0 Å². The summed E-state index contributed by atoms with van der Waals surface area (Å²) in [6.07, 6.45) is 2.04. The van der Waals surface area contributed by atoms with Gasteiger partial charge in [-0.25, -0.2) is 0 Å². The Balaban J connectivity index is 2.76. The predicted molar refractivity (Wildman–Crippen MR) is 90.9 cm³/mol. The van der Waals surface area contributed by atoms with E-state index in [2.05, 4.69) is 57.1 Å². The second-order valence-electron chi connectivity index (χ2n) is 6.35. The number of halogens is 1. The monoisotopic (exact) mass is 314 g/mol. The highest BCUT2D eigenvalue weighted by Gasteiger charge is 2.17. The average molecular weight is 315 g/mol. The summed E-state index contributed by atoms with van der Waals surface area (Å²) in [5.74, 6) is 0.681. The molecule has 1 atom stereocenters. The number of aryl methyl sites for hydroxylation is 2. The van der Waals surface area contributed by atoms with E-state index in [1.165, 1.54) is 0 Å². The van der Waals surface area contributed by atoms with Crippen LogP contribution in [0.25, 0.3) is 0 Å². The lowest BCUT2D eigenvalue weighted by Gasteiger charge is -2.24. The van der Waals surface area contributed by atoms with Gasteiger partial charge in [0, 0.05) is 25.7 Å². The molecule has 0 radical (unpaired) electrons. The van der Waals surface area contributed by atoms with Crippen LogP contribution in [0.2, 0.25) is 5.02 Å². The maximum atomic E-state index is 6.47. The molecule has 0 aliphatic heterocycles. The van der Waals surface area contributed by atoms with Crippen LogP contribution in [0.4, 0.5) is 0 Å². The molecule has 0 bridgehead atoms. The maximum Gasteiger partial charge on any atom is 0.0863 e. The van der Waals surface area contributed by atoms with Crippen LogP contribution in [0.15, 0.2) is 0 Å². The highest BCUT2D eigenvalue weighted by molar-refractivity contribution is 6.31. The Labute approximate surface area is 134 Å². The number of likely N-dealkylation sites (N-methyl/N-ethyl adjacent to an activating group) is 1. The third-order valence-electron chi connectivity index (χ3n) is 3.59. The summed E-state index contributed by atoms with van der Waals surface area (Å²) >= 11 is 6.47. The molecule has 1 unspecified atom stereocenters. The molecular weight excluding hydrogens is 284 g/mol. The Morgan fingerprint density at radius 1 is 1.29 bits per heavy atom. The molecular formula is C16H31ClN4. The Hall–Kier alpha value is -0.580. The molecule has 1 aromatic rings. The molecule has 0 saturated heterocycles. The molecule has 0 fully saturated rings. The first-order chi connectivity index (χ1) is 9.88. The minimum absolute atomic E-state index is 0.473. The van der Waals surface area contributed by atoms with Gasteiger partial charge in [0.15, 0.2) is 0 Å². The first-order valence-corrected chi connectivity index (χ1v) is 8.38. The van der Waals surface area contributed by atoms with Gasteiger partial charge in [0.2, 0.25) is 0 Å². The van der Waals surface area contributed by atoms with Gasteiger partial charge in [-0.2, -0.15) is 5.10 Å². The van der Waals surface area contributed by atoms with Gasteiger partial charge in [-0.1, -0.05) is 32.4 Å². The van der Waals surface area contributed by atoms with E-state index in [9.17, 15) is 0 Å². The summed E-state index contributed by atoms with van der Waals surface area (Å²) in [5.41, 5.74) is 2.12. The molecule has 21 heavy (non-hydrogen) atoms. The highest BCUT2D eigenvalue weighted by atomic mass is 35.5. The zero-order valence-electron chi connectivity index (χ0n) is 14.4. The molecule has 0 saturated carbocycles. The Kier molecular flexibility index (Phi) is 7.71. The maximum absolute atomic E-state index is 6.47. The molecule has 4 nitrogen and oxygen atoms in total. The first-order valence-electron chi connectivity index (χ1n) is 8.01. The van der Waals surface area contributed by atoms with E-state index in [0.717, 1.165) is 48.9 Å². The van der Waals surface area contributed by atoms with Crippen LogP contribution in [0, 0.1) is 5.92 Å². The number of nitrogens with one attached hydrogen (secondary N) is 1. The Bertz CT molecular complexity index is 416. The van der Waals surface area contributed by atoms with Crippen molar-refractivity contribution in [2.45, 2.75) is 59.7 Å². The summed E-state index contributed by atoms with van der Waals surface area (Å²) in [6.45, 7) is 11.4. The van der Waals surface area contributed by atoms with E-state index in [4.69, 9.17) is 11.6 Å². The topological polar surface area (TPSA) is 33.1 Å². The molecule has 0 aliphatic carbocycles. The highest BCUT2D eigenvalue weighted by Crippen LogP contribution is 2.21. The van der Waals surface area contributed by atoms with Crippen molar-refractivity contribution in [1.29, 1.82) is 0 Å². The summed E-state index contributed by atoms with van der Waals surface area (Å²) in [6, 6.07) is 0.473. The molecule has 122 valence electrons. The zero-order chi connectivity index (χ0) is 16.0. The lowest BCUT2D eigenvalue weighted by atomic mass is 10.0. The molecule has 1 aromatic heterocycles. The van der Waals surface area contributed by atoms with E-state index >= 15 is 0 Å². The SMILES string of the molecule is CCc1nn(CC)c(CNC(CC(C)C)CN(C)C)c1Cl. The van der Waals surface area contributed by atoms with Gasteiger partial charge in [-0.3, -0.25) is 4.68 Å². The normalized spacial score (nSPS) is 13.4. The third kappa shape index (κ3) is 5.61. The second kappa shape index (κ2) is 8.76. The van der Waals surface area contributed by atoms with Crippen LogP contribution in [-0.2, 0) is 19.5 Å². The quantitative estimate of drug-likeness (QED) is 0.760. The number of aromatic nitrogens is 2. The zero-order valence-corrected chi connectivity index (χ0v) is 15.2. The van der Waals surface area contributed by atoms with Crippen LogP contribution in [0.1, 0.15) is 45.5 Å². The molecule has 1 heterocycles. The number of nitrogens with zero attached hydrogens (tertiary/aromatic N) is 3. The van der Waals surface area contributed by atoms with Crippen molar-refractivity contribution < 1.29 is 0 Å². The smallest absolute Gasteiger partial charge is 0.0863 e. The fraction of sp³-hybridized carbons (Fsp3) is 0.812. The van der Waals surface area contributed by atoms with Gasteiger partial charge in [-0.15, -0.1) is 0 Å². The fourth-order valence-corrected chi connectivity index (χ4v) is 3.00.